The third-order valence-electron chi connectivity index (χ3n) is 4.01. The molecule has 1 aromatic carbocycles. The van der Waals surface area contributed by atoms with Crippen LogP contribution in [0.25, 0.3) is 0 Å². The van der Waals surface area contributed by atoms with Crippen LogP contribution in [0, 0.1) is 0 Å². The molecule has 0 spiro atoms. The zero-order chi connectivity index (χ0) is 17.5. The van der Waals surface area contributed by atoms with E-state index in [1.807, 2.05) is 37.3 Å². The van der Waals surface area contributed by atoms with E-state index in [0.29, 0.717) is 32.4 Å². The van der Waals surface area contributed by atoms with Gasteiger partial charge in [0, 0.05) is 12.7 Å². The number of furan rings is 1. The Morgan fingerprint density at radius 3 is 2.88 bits per heavy atom. The van der Waals surface area contributed by atoms with Crippen molar-refractivity contribution in [3.8, 4) is 5.95 Å². The first-order valence-corrected chi connectivity index (χ1v) is 8.53. The van der Waals surface area contributed by atoms with Crippen LogP contribution in [-0.2, 0) is 16.1 Å². The quantitative estimate of drug-likeness (QED) is 0.836. The number of carbonyl (C=O) groups is 1. The van der Waals surface area contributed by atoms with Crippen LogP contribution in [0.4, 0.5) is 0 Å². The van der Waals surface area contributed by atoms with Crippen molar-refractivity contribution in [2.24, 2.45) is 0 Å². The molecule has 1 amide bonds. The second-order valence-electron chi connectivity index (χ2n) is 5.83. The number of nitrogens with one attached hydrogen (secondary N) is 1. The molecule has 0 aliphatic carbocycles. The summed E-state index contributed by atoms with van der Waals surface area (Å²) in [5, 5.41) is 2.94. The van der Waals surface area contributed by atoms with Gasteiger partial charge in [-0.15, -0.1) is 0 Å². The van der Waals surface area contributed by atoms with Crippen LogP contribution >= 0.6 is 0 Å². The van der Waals surface area contributed by atoms with Gasteiger partial charge in [0.25, 0.3) is 11.9 Å². The van der Waals surface area contributed by atoms with Gasteiger partial charge in [0.15, 0.2) is 5.76 Å². The summed E-state index contributed by atoms with van der Waals surface area (Å²) in [6.07, 6.45) is 0.638. The Kier molecular flexibility index (Phi) is 6.09. The molecule has 0 saturated carbocycles. The van der Waals surface area contributed by atoms with Gasteiger partial charge >= 0.3 is 0 Å². The summed E-state index contributed by atoms with van der Waals surface area (Å²) in [4.78, 5) is 12.4. The number of carbonyl (C=O) groups excluding carboxylic acids is 1. The summed E-state index contributed by atoms with van der Waals surface area (Å²) in [6.45, 7) is 3.90. The maximum absolute atomic E-state index is 12.4. The van der Waals surface area contributed by atoms with Gasteiger partial charge in [-0.2, -0.15) is 0 Å². The van der Waals surface area contributed by atoms with Crippen molar-refractivity contribution in [3.63, 3.8) is 0 Å². The third-order valence-corrected chi connectivity index (χ3v) is 4.01. The van der Waals surface area contributed by atoms with E-state index in [0.717, 1.165) is 12.0 Å². The minimum Gasteiger partial charge on any atom is -0.465 e. The highest BCUT2D eigenvalue weighted by Gasteiger charge is 2.29. The van der Waals surface area contributed by atoms with Crippen molar-refractivity contribution >= 4 is 5.91 Å². The lowest BCUT2D eigenvalue weighted by molar-refractivity contribution is -0.0606. The average Bonchev–Trinajstić information content (AvgIpc) is 3.11. The van der Waals surface area contributed by atoms with E-state index >= 15 is 0 Å². The van der Waals surface area contributed by atoms with E-state index in [1.165, 1.54) is 0 Å². The van der Waals surface area contributed by atoms with E-state index in [2.05, 4.69) is 5.32 Å². The molecular formula is C19H23NO5. The molecule has 1 aliphatic heterocycles. The molecule has 1 saturated heterocycles. The van der Waals surface area contributed by atoms with Crippen LogP contribution in [0.1, 0.15) is 29.5 Å². The van der Waals surface area contributed by atoms with E-state index in [4.69, 9.17) is 18.6 Å². The van der Waals surface area contributed by atoms with Gasteiger partial charge in [-0.25, -0.2) is 0 Å². The zero-order valence-electron chi connectivity index (χ0n) is 14.3. The Balaban J connectivity index is 1.57. The minimum atomic E-state index is -0.297. The Hall–Kier alpha value is -2.31. The molecule has 6 heteroatoms. The van der Waals surface area contributed by atoms with Crippen LogP contribution in [0.5, 0.6) is 5.95 Å². The lowest BCUT2D eigenvalue weighted by Gasteiger charge is -2.31. The number of rotatable bonds is 7. The fourth-order valence-electron chi connectivity index (χ4n) is 2.73. The summed E-state index contributed by atoms with van der Waals surface area (Å²) in [6, 6.07) is 13.0. The number of ether oxygens (including phenoxy) is 3. The molecule has 6 nitrogen and oxygen atoms in total. The molecule has 134 valence electrons. The molecule has 2 aromatic rings. The summed E-state index contributed by atoms with van der Waals surface area (Å²) in [5.41, 5.74) is 1.10. The SMILES string of the molecule is CCOc1ccc(C(=O)N[C@@H]2COCC[C@@H]2OCc2ccccc2)o1. The normalized spacial score (nSPS) is 20.2. The average molecular weight is 345 g/mol. The first-order chi connectivity index (χ1) is 12.3. The first kappa shape index (κ1) is 17.5. The fraction of sp³-hybridized carbons (Fsp3) is 0.421. The number of amides is 1. The van der Waals surface area contributed by atoms with Crippen LogP contribution in [0.3, 0.4) is 0 Å². The number of hydrogen-bond acceptors (Lipinski definition) is 5. The highest BCUT2D eigenvalue weighted by atomic mass is 16.6. The number of benzene rings is 1. The van der Waals surface area contributed by atoms with Crippen LogP contribution in [0.2, 0.25) is 0 Å². The molecule has 0 radical (unpaired) electrons. The number of hydrogen-bond donors (Lipinski definition) is 1. The molecule has 2 heterocycles. The lowest BCUT2D eigenvalue weighted by atomic mass is 10.1. The van der Waals surface area contributed by atoms with Gasteiger partial charge in [-0.1, -0.05) is 30.3 Å². The zero-order valence-corrected chi connectivity index (χ0v) is 14.3. The van der Waals surface area contributed by atoms with Crippen molar-refractivity contribution < 1.29 is 23.4 Å². The first-order valence-electron chi connectivity index (χ1n) is 8.53. The maximum Gasteiger partial charge on any atom is 0.287 e. The van der Waals surface area contributed by atoms with Crippen molar-refractivity contribution in [1.82, 2.24) is 5.32 Å². The van der Waals surface area contributed by atoms with Crippen molar-refractivity contribution in [2.45, 2.75) is 32.1 Å². The van der Waals surface area contributed by atoms with Gasteiger partial charge < -0.3 is 23.9 Å². The topological polar surface area (TPSA) is 69.9 Å². The highest BCUT2D eigenvalue weighted by molar-refractivity contribution is 5.91. The molecular weight excluding hydrogens is 322 g/mol. The monoisotopic (exact) mass is 345 g/mol. The predicted molar refractivity (Wildman–Crippen MR) is 91.6 cm³/mol. The molecule has 1 fully saturated rings. The molecule has 0 unspecified atom stereocenters. The Labute approximate surface area is 147 Å². The highest BCUT2D eigenvalue weighted by Crippen LogP contribution is 2.18. The smallest absolute Gasteiger partial charge is 0.287 e. The molecule has 2 atom stereocenters. The predicted octanol–water partition coefficient (Wildman–Crippen LogP) is 2.78. The molecule has 25 heavy (non-hydrogen) atoms. The summed E-state index contributed by atoms with van der Waals surface area (Å²) >= 11 is 0. The van der Waals surface area contributed by atoms with Gasteiger partial charge in [0.2, 0.25) is 0 Å². The standard InChI is InChI=1S/C19H23NO5/c1-2-23-18-9-8-17(25-18)19(21)20-15-13-22-11-10-16(15)24-12-14-6-4-3-5-7-14/h3-9,15-16H,2,10-13H2,1H3,(H,20,21)/t15-,16+/m1/s1. The van der Waals surface area contributed by atoms with E-state index in [1.54, 1.807) is 12.1 Å². The maximum atomic E-state index is 12.4. The molecule has 1 aromatic heterocycles. The van der Waals surface area contributed by atoms with Crippen LogP contribution < -0.4 is 10.1 Å². The summed E-state index contributed by atoms with van der Waals surface area (Å²) in [7, 11) is 0. The summed E-state index contributed by atoms with van der Waals surface area (Å²) in [5.74, 6) is 0.259. The Morgan fingerprint density at radius 1 is 1.24 bits per heavy atom. The van der Waals surface area contributed by atoms with Crippen LogP contribution in [-0.4, -0.2) is 37.9 Å². The molecule has 1 aliphatic rings. The largest absolute Gasteiger partial charge is 0.465 e. The second-order valence-corrected chi connectivity index (χ2v) is 5.83. The third kappa shape index (κ3) is 4.84. The van der Waals surface area contributed by atoms with E-state index < -0.39 is 0 Å². The van der Waals surface area contributed by atoms with Crippen molar-refractivity contribution in [2.75, 3.05) is 19.8 Å². The molecule has 3 rings (SSSR count). The van der Waals surface area contributed by atoms with Crippen molar-refractivity contribution in [1.29, 1.82) is 0 Å². The van der Waals surface area contributed by atoms with E-state index in [-0.39, 0.29) is 23.8 Å². The van der Waals surface area contributed by atoms with Gasteiger partial charge in [0.1, 0.15) is 0 Å². The lowest BCUT2D eigenvalue weighted by Crippen LogP contribution is -2.50. The van der Waals surface area contributed by atoms with Crippen molar-refractivity contribution in [3.05, 3.63) is 53.8 Å². The summed E-state index contributed by atoms with van der Waals surface area (Å²) < 4.78 is 22.1. The van der Waals surface area contributed by atoms with Crippen LogP contribution in [0.15, 0.2) is 46.9 Å². The Bertz CT molecular complexity index is 669. The molecule has 0 bridgehead atoms. The minimum absolute atomic E-state index is 0.0979. The second kappa shape index (κ2) is 8.69. The fourth-order valence-corrected chi connectivity index (χ4v) is 2.73. The van der Waals surface area contributed by atoms with Gasteiger partial charge in [-0.3, -0.25) is 4.79 Å². The van der Waals surface area contributed by atoms with E-state index in [9.17, 15) is 4.79 Å². The van der Waals surface area contributed by atoms with Gasteiger partial charge in [0.05, 0.1) is 32.0 Å². The Morgan fingerprint density at radius 2 is 2.08 bits per heavy atom. The van der Waals surface area contributed by atoms with Gasteiger partial charge in [-0.05, 0) is 25.0 Å². The molecule has 1 N–H and O–H groups in total.